The van der Waals surface area contributed by atoms with Crippen LogP contribution in [-0.2, 0) is 0 Å². The molecule has 1 aliphatic carbocycles. The van der Waals surface area contributed by atoms with Gasteiger partial charge in [0.05, 0.1) is 32.9 Å². The fourth-order valence-electron chi connectivity index (χ4n) is 3.26. The first kappa shape index (κ1) is 23.2. The van der Waals surface area contributed by atoms with Gasteiger partial charge in [0.15, 0.2) is 5.82 Å². The Morgan fingerprint density at radius 2 is 2.00 bits per heavy atom. The summed E-state index contributed by atoms with van der Waals surface area (Å²) in [5, 5.41) is 19.4. The molecule has 33 heavy (non-hydrogen) atoms. The molecule has 0 aliphatic heterocycles. The van der Waals surface area contributed by atoms with Crippen LogP contribution in [0.3, 0.4) is 0 Å². The molecule has 8 nitrogen and oxygen atoms in total. The number of nitriles is 1. The van der Waals surface area contributed by atoms with E-state index in [1.54, 1.807) is 12.1 Å². The molecule has 1 aliphatic rings. The highest BCUT2D eigenvalue weighted by molar-refractivity contribution is 9.10. The van der Waals surface area contributed by atoms with E-state index in [-0.39, 0.29) is 33.3 Å². The van der Waals surface area contributed by atoms with Crippen LogP contribution in [0.15, 0.2) is 41.1 Å². The number of halogens is 3. The van der Waals surface area contributed by atoms with Crippen LogP contribution in [-0.4, -0.2) is 33.1 Å². The zero-order valence-electron chi connectivity index (χ0n) is 17.1. The number of aromatic nitrogens is 3. The van der Waals surface area contributed by atoms with Crippen molar-refractivity contribution in [3.63, 3.8) is 0 Å². The minimum absolute atomic E-state index is 0.0655. The number of hydrogen-bond acceptors (Lipinski definition) is 5. The van der Waals surface area contributed by atoms with E-state index in [9.17, 15) is 14.9 Å². The van der Waals surface area contributed by atoms with Crippen LogP contribution in [0.5, 0.6) is 0 Å². The number of amides is 2. The van der Waals surface area contributed by atoms with Gasteiger partial charge in [-0.2, -0.15) is 10.4 Å². The lowest BCUT2D eigenvalue weighted by atomic mass is 10.1. The van der Waals surface area contributed by atoms with Gasteiger partial charge in [0, 0.05) is 18.8 Å². The molecule has 0 radical (unpaired) electrons. The highest BCUT2D eigenvalue weighted by atomic mass is 79.9. The van der Waals surface area contributed by atoms with Gasteiger partial charge >= 0.3 is 0 Å². The van der Waals surface area contributed by atoms with Gasteiger partial charge in [0.25, 0.3) is 11.8 Å². The van der Waals surface area contributed by atoms with Crippen molar-refractivity contribution >= 4 is 56.6 Å². The number of pyridine rings is 1. The molecule has 1 aromatic carbocycles. The maximum Gasteiger partial charge on any atom is 0.274 e. The number of benzene rings is 1. The molecular weight excluding hydrogens is 531 g/mol. The van der Waals surface area contributed by atoms with E-state index >= 15 is 0 Å². The molecule has 2 amide bonds. The molecule has 0 saturated heterocycles. The smallest absolute Gasteiger partial charge is 0.274 e. The normalized spacial score (nSPS) is 12.8. The van der Waals surface area contributed by atoms with E-state index in [1.807, 2.05) is 6.07 Å². The maximum atomic E-state index is 13.2. The quantitative estimate of drug-likeness (QED) is 0.432. The fourth-order valence-corrected chi connectivity index (χ4v) is 4.10. The van der Waals surface area contributed by atoms with Crippen molar-refractivity contribution in [2.45, 2.75) is 19.3 Å². The minimum Gasteiger partial charge on any atom is -0.352 e. The molecule has 0 bridgehead atoms. The van der Waals surface area contributed by atoms with Crippen molar-refractivity contribution in [1.29, 1.82) is 5.26 Å². The predicted octanol–water partition coefficient (Wildman–Crippen LogP) is 4.99. The van der Waals surface area contributed by atoms with E-state index < -0.39 is 11.8 Å². The van der Waals surface area contributed by atoms with Crippen molar-refractivity contribution in [3.05, 3.63) is 68.0 Å². The first-order valence-electron chi connectivity index (χ1n) is 10.1. The van der Waals surface area contributed by atoms with Gasteiger partial charge < -0.3 is 10.6 Å². The van der Waals surface area contributed by atoms with E-state index in [0.717, 1.165) is 6.42 Å². The van der Waals surface area contributed by atoms with Crippen LogP contribution in [0, 0.1) is 17.2 Å². The highest BCUT2D eigenvalue weighted by Crippen LogP contribution is 2.32. The predicted molar refractivity (Wildman–Crippen MR) is 128 cm³/mol. The number of hydrogen-bond donors (Lipinski definition) is 2. The lowest BCUT2D eigenvalue weighted by molar-refractivity contribution is 0.0953. The number of nitrogens with one attached hydrogen (secondary N) is 2. The summed E-state index contributed by atoms with van der Waals surface area (Å²) in [6.45, 7) is 0.503. The van der Waals surface area contributed by atoms with E-state index in [4.69, 9.17) is 23.2 Å². The second kappa shape index (κ2) is 9.91. The van der Waals surface area contributed by atoms with Gasteiger partial charge in [-0.05, 0) is 52.5 Å². The van der Waals surface area contributed by atoms with Gasteiger partial charge in [-0.15, -0.1) is 0 Å². The van der Waals surface area contributed by atoms with E-state index in [1.165, 1.54) is 41.9 Å². The zero-order valence-corrected chi connectivity index (χ0v) is 20.2. The van der Waals surface area contributed by atoms with Crippen molar-refractivity contribution in [2.75, 3.05) is 11.9 Å². The molecule has 2 heterocycles. The first-order valence-corrected chi connectivity index (χ1v) is 11.6. The Bertz CT molecular complexity index is 1280. The molecule has 4 rings (SSSR count). The third-order valence-electron chi connectivity index (χ3n) is 5.09. The second-order valence-electron chi connectivity index (χ2n) is 7.51. The molecule has 2 aromatic heterocycles. The molecule has 0 spiro atoms. The lowest BCUT2D eigenvalue weighted by Gasteiger charge is -2.14. The average Bonchev–Trinajstić information content (AvgIpc) is 3.54. The van der Waals surface area contributed by atoms with Crippen molar-refractivity contribution < 1.29 is 9.59 Å². The summed E-state index contributed by atoms with van der Waals surface area (Å²) >= 11 is 15.9. The number of nitrogens with zero attached hydrogens (tertiary/aromatic N) is 4. The van der Waals surface area contributed by atoms with Gasteiger partial charge in [-0.25, -0.2) is 9.67 Å². The van der Waals surface area contributed by atoms with Crippen LogP contribution in [0.25, 0.3) is 5.82 Å². The SMILES string of the molecule is N#Cc1cc(Cl)c(NC(=O)c2cc(Br)nn2-c2ncccc2Cl)c(C(=O)NCCC2CC2)c1. The topological polar surface area (TPSA) is 113 Å². The van der Waals surface area contributed by atoms with Gasteiger partial charge in [-0.1, -0.05) is 36.0 Å². The average molecular weight is 548 g/mol. The largest absolute Gasteiger partial charge is 0.352 e. The van der Waals surface area contributed by atoms with Crippen LogP contribution in [0.4, 0.5) is 5.69 Å². The summed E-state index contributed by atoms with van der Waals surface area (Å²) in [7, 11) is 0. The van der Waals surface area contributed by atoms with E-state index in [2.05, 4.69) is 36.6 Å². The molecule has 1 fully saturated rings. The highest BCUT2D eigenvalue weighted by Gasteiger charge is 2.24. The van der Waals surface area contributed by atoms with E-state index in [0.29, 0.717) is 22.1 Å². The Labute approximate surface area is 208 Å². The summed E-state index contributed by atoms with van der Waals surface area (Å²) < 4.78 is 1.67. The van der Waals surface area contributed by atoms with Crippen LogP contribution in [0.1, 0.15) is 45.7 Å². The second-order valence-corrected chi connectivity index (χ2v) is 9.13. The number of rotatable bonds is 7. The molecule has 3 aromatic rings. The molecule has 11 heteroatoms. The summed E-state index contributed by atoms with van der Waals surface area (Å²) in [4.78, 5) is 30.3. The Balaban J connectivity index is 1.65. The summed E-state index contributed by atoms with van der Waals surface area (Å²) in [6.07, 6.45) is 4.77. The third kappa shape index (κ3) is 5.36. The number of anilines is 1. The molecule has 1 saturated carbocycles. The van der Waals surface area contributed by atoms with Crippen molar-refractivity contribution in [1.82, 2.24) is 20.1 Å². The monoisotopic (exact) mass is 546 g/mol. The molecule has 0 atom stereocenters. The zero-order chi connectivity index (χ0) is 23.5. The Morgan fingerprint density at radius 1 is 1.21 bits per heavy atom. The van der Waals surface area contributed by atoms with Crippen molar-refractivity contribution in [3.8, 4) is 11.9 Å². The van der Waals surface area contributed by atoms with Gasteiger partial charge in [0.1, 0.15) is 10.3 Å². The minimum atomic E-state index is -0.589. The maximum absolute atomic E-state index is 13.2. The number of carbonyl (C=O) groups is 2. The summed E-state index contributed by atoms with van der Waals surface area (Å²) in [5.74, 6) is -0.101. The van der Waals surface area contributed by atoms with Crippen LogP contribution in [0.2, 0.25) is 10.0 Å². The first-order chi connectivity index (χ1) is 15.9. The molecule has 0 unspecified atom stereocenters. The van der Waals surface area contributed by atoms with Crippen LogP contribution >= 0.6 is 39.1 Å². The Hall–Kier alpha value is -2.93. The summed E-state index contributed by atoms with van der Waals surface area (Å²) in [6, 6.07) is 9.55. The lowest BCUT2D eigenvalue weighted by Crippen LogP contribution is -2.27. The fraction of sp³-hybridized carbons (Fsp3) is 0.227. The summed E-state index contributed by atoms with van der Waals surface area (Å²) in [5.41, 5.74) is 0.520. The van der Waals surface area contributed by atoms with Gasteiger partial charge in [0.2, 0.25) is 0 Å². The Kier molecular flexibility index (Phi) is 6.98. The standard InChI is InChI=1S/C22H17BrCl2N6O2/c23-18-10-17(31(30-18)20-15(24)2-1-6-27-20)22(33)29-19-14(8-13(11-26)9-16(19)25)21(32)28-7-5-12-3-4-12/h1-2,6,8-10,12H,3-5,7H2,(H,28,32)(H,29,33). The number of carbonyl (C=O) groups excluding carboxylic acids is 2. The van der Waals surface area contributed by atoms with Gasteiger partial charge in [-0.3, -0.25) is 9.59 Å². The van der Waals surface area contributed by atoms with Crippen molar-refractivity contribution in [2.24, 2.45) is 5.92 Å². The molecule has 168 valence electrons. The molecular formula is C22H17BrCl2N6O2. The Morgan fingerprint density at radius 3 is 2.70 bits per heavy atom. The third-order valence-corrected chi connectivity index (χ3v) is 6.07. The molecule has 2 N–H and O–H groups in total. The van der Waals surface area contributed by atoms with Crippen LogP contribution < -0.4 is 10.6 Å².